The first-order valence-electron chi connectivity index (χ1n) is 12.0. The number of rotatable bonds is 9. The summed E-state index contributed by atoms with van der Waals surface area (Å²) in [6.07, 6.45) is 7.44. The number of carbonyl (C=O) groups is 2. The van der Waals surface area contributed by atoms with Crippen LogP contribution in [0.1, 0.15) is 59.8 Å². The second kappa shape index (κ2) is 11.5. The molecule has 1 atom stereocenters. The Kier molecular flexibility index (Phi) is 8.02. The van der Waals surface area contributed by atoms with Crippen LogP contribution in [0.3, 0.4) is 0 Å². The third kappa shape index (κ3) is 5.87. The molecular weight excluding hydrogens is 428 g/mol. The van der Waals surface area contributed by atoms with Crippen molar-refractivity contribution in [2.24, 2.45) is 0 Å². The van der Waals surface area contributed by atoms with Crippen molar-refractivity contribution in [3.8, 4) is 5.75 Å². The lowest BCUT2D eigenvalue weighted by Crippen LogP contribution is -2.47. The molecule has 0 saturated heterocycles. The van der Waals surface area contributed by atoms with Gasteiger partial charge in [0.15, 0.2) is 5.76 Å². The molecule has 0 bridgehead atoms. The second-order valence-corrected chi connectivity index (χ2v) is 8.73. The van der Waals surface area contributed by atoms with E-state index in [1.54, 1.807) is 24.1 Å². The van der Waals surface area contributed by atoms with Crippen molar-refractivity contribution >= 4 is 11.8 Å². The highest BCUT2D eigenvalue weighted by molar-refractivity contribution is 5.96. The number of methoxy groups -OCH3 is 1. The fraction of sp³-hybridized carbons (Fsp3) is 0.357. The maximum atomic E-state index is 13.8. The molecule has 6 heteroatoms. The van der Waals surface area contributed by atoms with Gasteiger partial charge in [-0.2, -0.15) is 0 Å². The quantitative estimate of drug-likeness (QED) is 0.479. The van der Waals surface area contributed by atoms with Crippen LogP contribution in [-0.2, 0) is 11.2 Å². The molecule has 178 valence electrons. The van der Waals surface area contributed by atoms with Crippen LogP contribution in [0, 0.1) is 0 Å². The molecule has 1 aliphatic rings. The van der Waals surface area contributed by atoms with Gasteiger partial charge in [-0.15, -0.1) is 0 Å². The smallest absolute Gasteiger partial charge is 0.290 e. The number of hydrogen-bond donors (Lipinski definition) is 1. The fourth-order valence-corrected chi connectivity index (χ4v) is 4.60. The van der Waals surface area contributed by atoms with E-state index in [-0.39, 0.29) is 23.6 Å². The van der Waals surface area contributed by atoms with Crippen molar-refractivity contribution in [3.63, 3.8) is 0 Å². The topological polar surface area (TPSA) is 71.8 Å². The van der Waals surface area contributed by atoms with Crippen molar-refractivity contribution in [3.05, 3.63) is 89.9 Å². The molecule has 1 saturated carbocycles. The summed E-state index contributed by atoms with van der Waals surface area (Å²) in [5.41, 5.74) is 1.80. The maximum absolute atomic E-state index is 13.8. The number of amides is 2. The van der Waals surface area contributed by atoms with Crippen LogP contribution in [0.4, 0.5) is 0 Å². The van der Waals surface area contributed by atoms with Crippen molar-refractivity contribution in [1.29, 1.82) is 0 Å². The first-order chi connectivity index (χ1) is 16.7. The average molecular weight is 461 g/mol. The highest BCUT2D eigenvalue weighted by Gasteiger charge is 2.34. The van der Waals surface area contributed by atoms with Crippen LogP contribution in [0.2, 0.25) is 0 Å². The second-order valence-electron chi connectivity index (χ2n) is 8.73. The Balaban J connectivity index is 1.68. The minimum atomic E-state index is -0.807. The minimum Gasteiger partial charge on any atom is -0.497 e. The average Bonchev–Trinajstić information content (AvgIpc) is 3.42. The third-order valence-corrected chi connectivity index (χ3v) is 6.40. The van der Waals surface area contributed by atoms with E-state index in [9.17, 15) is 9.59 Å². The first kappa shape index (κ1) is 23.6. The lowest BCUT2D eigenvalue weighted by molar-refractivity contribution is -0.126. The SMILES string of the molecule is COc1cccc([C@H](C(=O)NC2CCCCC2)N(CCc2ccccc2)C(=O)c2ccco2)c1. The normalized spacial score (nSPS) is 14.9. The van der Waals surface area contributed by atoms with Crippen molar-refractivity contribution in [2.45, 2.75) is 50.6 Å². The molecule has 4 rings (SSSR count). The molecule has 1 heterocycles. The number of ether oxygens (including phenoxy) is 1. The molecule has 6 nitrogen and oxygen atoms in total. The van der Waals surface area contributed by atoms with E-state index >= 15 is 0 Å². The Hall–Kier alpha value is -3.54. The van der Waals surface area contributed by atoms with Gasteiger partial charge in [-0.25, -0.2) is 0 Å². The Morgan fingerprint density at radius 2 is 1.82 bits per heavy atom. The zero-order valence-corrected chi connectivity index (χ0v) is 19.6. The van der Waals surface area contributed by atoms with Gasteiger partial charge in [0.1, 0.15) is 11.8 Å². The standard InChI is InChI=1S/C28H32N2O4/c1-33-24-15-8-12-22(20-24)26(27(31)29-23-13-6-3-7-14-23)30(28(32)25-16-9-19-34-25)18-17-21-10-4-2-5-11-21/h2,4-5,8-12,15-16,19-20,23,26H,3,6-7,13-14,17-18H2,1H3,(H,29,31)/t26-/m1/s1. The van der Waals surface area contributed by atoms with E-state index < -0.39 is 6.04 Å². The summed E-state index contributed by atoms with van der Waals surface area (Å²) in [6.45, 7) is 0.365. The molecule has 0 unspecified atom stereocenters. The summed E-state index contributed by atoms with van der Waals surface area (Å²) < 4.78 is 10.9. The summed E-state index contributed by atoms with van der Waals surface area (Å²) in [6, 6.07) is 20.0. The molecule has 1 fully saturated rings. The van der Waals surface area contributed by atoms with E-state index in [0.717, 1.165) is 31.2 Å². The van der Waals surface area contributed by atoms with E-state index in [4.69, 9.17) is 9.15 Å². The molecule has 1 aromatic heterocycles. The fourth-order valence-electron chi connectivity index (χ4n) is 4.60. The van der Waals surface area contributed by atoms with Gasteiger partial charge in [0.25, 0.3) is 5.91 Å². The van der Waals surface area contributed by atoms with Gasteiger partial charge in [-0.05, 0) is 54.7 Å². The van der Waals surface area contributed by atoms with Crippen LogP contribution in [0.25, 0.3) is 0 Å². The summed E-state index contributed by atoms with van der Waals surface area (Å²) in [5.74, 6) is 0.369. The van der Waals surface area contributed by atoms with Crippen LogP contribution in [-0.4, -0.2) is 36.4 Å². The van der Waals surface area contributed by atoms with Gasteiger partial charge >= 0.3 is 0 Å². The van der Waals surface area contributed by atoms with Crippen LogP contribution in [0.5, 0.6) is 5.75 Å². The van der Waals surface area contributed by atoms with Gasteiger partial charge in [0, 0.05) is 12.6 Å². The van der Waals surface area contributed by atoms with Crippen molar-refractivity contribution < 1.29 is 18.7 Å². The zero-order chi connectivity index (χ0) is 23.8. The monoisotopic (exact) mass is 460 g/mol. The van der Waals surface area contributed by atoms with Gasteiger partial charge in [0.2, 0.25) is 5.91 Å². The van der Waals surface area contributed by atoms with Crippen LogP contribution >= 0.6 is 0 Å². The maximum Gasteiger partial charge on any atom is 0.290 e. The van der Waals surface area contributed by atoms with E-state index in [1.165, 1.54) is 12.7 Å². The summed E-state index contributed by atoms with van der Waals surface area (Å²) >= 11 is 0. The predicted octanol–water partition coefficient (Wildman–Crippen LogP) is 5.16. The highest BCUT2D eigenvalue weighted by Crippen LogP contribution is 2.28. The lowest BCUT2D eigenvalue weighted by Gasteiger charge is -2.33. The van der Waals surface area contributed by atoms with E-state index in [0.29, 0.717) is 24.3 Å². The molecule has 0 spiro atoms. The van der Waals surface area contributed by atoms with E-state index in [1.807, 2.05) is 54.6 Å². The summed E-state index contributed by atoms with van der Waals surface area (Å²) in [4.78, 5) is 29.0. The molecule has 0 radical (unpaired) electrons. The Morgan fingerprint density at radius 1 is 1.03 bits per heavy atom. The lowest BCUT2D eigenvalue weighted by atomic mass is 9.94. The number of carbonyl (C=O) groups excluding carboxylic acids is 2. The number of furan rings is 1. The predicted molar refractivity (Wildman–Crippen MR) is 131 cm³/mol. The van der Waals surface area contributed by atoms with Gasteiger partial charge in [0.05, 0.1) is 13.4 Å². The van der Waals surface area contributed by atoms with Crippen molar-refractivity contribution in [2.75, 3.05) is 13.7 Å². The molecule has 1 N–H and O–H groups in total. The number of hydrogen-bond acceptors (Lipinski definition) is 4. The molecular formula is C28H32N2O4. The molecule has 2 aromatic carbocycles. The van der Waals surface area contributed by atoms with Gasteiger partial charge < -0.3 is 19.4 Å². The number of nitrogens with zero attached hydrogens (tertiary/aromatic N) is 1. The minimum absolute atomic E-state index is 0.129. The van der Waals surface area contributed by atoms with Gasteiger partial charge in [-0.3, -0.25) is 9.59 Å². The summed E-state index contributed by atoms with van der Waals surface area (Å²) in [5, 5.41) is 3.23. The molecule has 1 aliphatic carbocycles. The van der Waals surface area contributed by atoms with Crippen molar-refractivity contribution in [1.82, 2.24) is 10.2 Å². The number of benzene rings is 2. The zero-order valence-electron chi connectivity index (χ0n) is 19.6. The van der Waals surface area contributed by atoms with Crippen LogP contribution in [0.15, 0.2) is 77.4 Å². The Labute approximate surface area is 200 Å². The highest BCUT2D eigenvalue weighted by atomic mass is 16.5. The number of nitrogens with one attached hydrogen (secondary N) is 1. The molecule has 2 amide bonds. The molecule has 34 heavy (non-hydrogen) atoms. The third-order valence-electron chi connectivity index (χ3n) is 6.40. The van der Waals surface area contributed by atoms with Crippen LogP contribution < -0.4 is 10.1 Å². The van der Waals surface area contributed by atoms with Gasteiger partial charge in [-0.1, -0.05) is 61.7 Å². The molecule has 0 aliphatic heterocycles. The Bertz CT molecular complexity index is 1060. The molecule has 3 aromatic rings. The summed E-state index contributed by atoms with van der Waals surface area (Å²) in [7, 11) is 1.59. The largest absolute Gasteiger partial charge is 0.497 e. The Morgan fingerprint density at radius 3 is 2.53 bits per heavy atom. The van der Waals surface area contributed by atoms with E-state index in [2.05, 4.69) is 5.32 Å². The first-order valence-corrected chi connectivity index (χ1v) is 12.0.